The number of rotatable bonds is 2. The normalized spacial score (nSPS) is 23.9. The van der Waals surface area contributed by atoms with Crippen LogP contribution in [0.4, 0.5) is 13.2 Å². The van der Waals surface area contributed by atoms with Gasteiger partial charge in [-0.2, -0.15) is 18.3 Å². The minimum atomic E-state index is -4.52. The van der Waals surface area contributed by atoms with E-state index in [9.17, 15) is 18.0 Å². The number of carbonyl (C=O) groups is 1. The number of morpholine rings is 1. The maximum atomic E-state index is 12.5. The monoisotopic (exact) mass is 289 g/mol. The van der Waals surface area contributed by atoms with Gasteiger partial charge >= 0.3 is 6.18 Å². The van der Waals surface area contributed by atoms with Crippen LogP contribution in [0, 0.1) is 5.92 Å². The van der Waals surface area contributed by atoms with Crippen LogP contribution in [0.5, 0.6) is 0 Å². The number of ether oxygens (including phenoxy) is 1. The minimum absolute atomic E-state index is 0.00808. The molecule has 1 amide bonds. The van der Waals surface area contributed by atoms with Gasteiger partial charge < -0.3 is 9.64 Å². The summed E-state index contributed by atoms with van der Waals surface area (Å²) in [5, 5.41) is 5.32. The van der Waals surface area contributed by atoms with E-state index in [0.717, 1.165) is 18.9 Å². The van der Waals surface area contributed by atoms with Crippen molar-refractivity contribution in [2.75, 3.05) is 19.7 Å². The summed E-state index contributed by atoms with van der Waals surface area (Å²) in [4.78, 5) is 13.7. The third kappa shape index (κ3) is 2.65. The van der Waals surface area contributed by atoms with Gasteiger partial charge in [0.25, 0.3) is 5.91 Å². The van der Waals surface area contributed by atoms with E-state index in [1.165, 1.54) is 4.90 Å². The third-order valence-electron chi connectivity index (χ3n) is 3.63. The zero-order valence-electron chi connectivity index (χ0n) is 10.6. The zero-order chi connectivity index (χ0) is 14.3. The number of nitrogens with zero attached hydrogens (tertiary/aromatic N) is 2. The Labute approximate surface area is 113 Å². The van der Waals surface area contributed by atoms with E-state index >= 15 is 0 Å². The molecule has 20 heavy (non-hydrogen) atoms. The molecule has 1 unspecified atom stereocenters. The van der Waals surface area contributed by atoms with Crippen LogP contribution >= 0.6 is 0 Å². The van der Waals surface area contributed by atoms with Crippen molar-refractivity contribution in [1.82, 2.24) is 15.1 Å². The summed E-state index contributed by atoms with van der Waals surface area (Å²) in [5.41, 5.74) is -1.21. The summed E-state index contributed by atoms with van der Waals surface area (Å²) in [5.74, 6) is 0.00113. The SMILES string of the molecule is O=C(c1cc(C(F)(F)F)[nH]n1)N1CCOC(C2CC2)C1. The Morgan fingerprint density at radius 1 is 1.45 bits per heavy atom. The molecule has 1 N–H and O–H groups in total. The predicted octanol–water partition coefficient (Wildman–Crippen LogP) is 1.68. The molecule has 0 radical (unpaired) electrons. The van der Waals surface area contributed by atoms with E-state index in [4.69, 9.17) is 4.74 Å². The number of hydrogen-bond acceptors (Lipinski definition) is 3. The van der Waals surface area contributed by atoms with Crippen LogP contribution in [0.15, 0.2) is 6.07 Å². The second-order valence-corrected chi connectivity index (χ2v) is 5.16. The number of hydrogen-bond donors (Lipinski definition) is 1. The fourth-order valence-corrected chi connectivity index (χ4v) is 2.35. The van der Waals surface area contributed by atoms with Gasteiger partial charge in [-0.25, -0.2) is 0 Å². The molecule has 0 bridgehead atoms. The van der Waals surface area contributed by atoms with Crippen molar-refractivity contribution >= 4 is 5.91 Å². The highest BCUT2D eigenvalue weighted by Crippen LogP contribution is 2.36. The van der Waals surface area contributed by atoms with Gasteiger partial charge in [0.1, 0.15) is 5.69 Å². The molecule has 1 saturated carbocycles. The van der Waals surface area contributed by atoms with Crippen molar-refractivity contribution in [1.29, 1.82) is 0 Å². The summed E-state index contributed by atoms with van der Waals surface area (Å²) in [7, 11) is 0. The third-order valence-corrected chi connectivity index (χ3v) is 3.63. The Morgan fingerprint density at radius 2 is 2.20 bits per heavy atom. The molecule has 1 aliphatic carbocycles. The number of aromatic nitrogens is 2. The standard InChI is InChI=1S/C12H14F3N3O2/c13-12(14,15)10-5-8(16-17-10)11(19)18-3-4-20-9(6-18)7-1-2-7/h5,7,9H,1-4,6H2,(H,16,17). The van der Waals surface area contributed by atoms with Gasteiger partial charge in [0.05, 0.1) is 12.7 Å². The van der Waals surface area contributed by atoms with Gasteiger partial charge in [0.2, 0.25) is 0 Å². The fraction of sp³-hybridized carbons (Fsp3) is 0.667. The van der Waals surface area contributed by atoms with E-state index < -0.39 is 17.8 Å². The van der Waals surface area contributed by atoms with Gasteiger partial charge in [-0.3, -0.25) is 9.89 Å². The summed E-state index contributed by atoms with van der Waals surface area (Å²) >= 11 is 0. The number of alkyl halides is 3. The molecule has 1 aromatic rings. The lowest BCUT2D eigenvalue weighted by molar-refractivity contribution is -0.141. The molecule has 1 aromatic heterocycles. The van der Waals surface area contributed by atoms with E-state index in [1.54, 1.807) is 0 Å². The van der Waals surface area contributed by atoms with Crippen LogP contribution in [0.2, 0.25) is 0 Å². The summed E-state index contributed by atoms with van der Waals surface area (Å²) in [6.45, 7) is 1.23. The highest BCUT2D eigenvalue weighted by molar-refractivity contribution is 5.92. The van der Waals surface area contributed by atoms with Gasteiger partial charge in [0.15, 0.2) is 5.69 Å². The van der Waals surface area contributed by atoms with Crippen LogP contribution < -0.4 is 0 Å². The van der Waals surface area contributed by atoms with E-state index in [1.807, 2.05) is 5.10 Å². The lowest BCUT2D eigenvalue weighted by atomic mass is 10.2. The molecule has 110 valence electrons. The Morgan fingerprint density at radius 3 is 2.80 bits per heavy atom. The Kier molecular flexibility index (Phi) is 3.19. The summed E-state index contributed by atoms with van der Waals surface area (Å²) < 4.78 is 43.0. The molecular formula is C12H14F3N3O2. The predicted molar refractivity (Wildman–Crippen MR) is 62.0 cm³/mol. The van der Waals surface area contributed by atoms with E-state index in [2.05, 4.69) is 5.10 Å². The Hall–Kier alpha value is -1.57. The first-order valence-electron chi connectivity index (χ1n) is 6.48. The number of H-pyrrole nitrogens is 1. The minimum Gasteiger partial charge on any atom is -0.374 e. The number of aromatic amines is 1. The highest BCUT2D eigenvalue weighted by Gasteiger charge is 2.38. The quantitative estimate of drug-likeness (QED) is 0.901. The number of amides is 1. The first-order valence-corrected chi connectivity index (χ1v) is 6.48. The molecule has 3 rings (SSSR count). The van der Waals surface area contributed by atoms with Crippen molar-refractivity contribution in [3.8, 4) is 0 Å². The molecular weight excluding hydrogens is 275 g/mol. The lowest BCUT2D eigenvalue weighted by Gasteiger charge is -2.32. The van der Waals surface area contributed by atoms with Crippen LogP contribution in [-0.4, -0.2) is 46.8 Å². The molecule has 8 heteroatoms. The van der Waals surface area contributed by atoms with Crippen molar-refractivity contribution < 1.29 is 22.7 Å². The zero-order valence-corrected chi connectivity index (χ0v) is 10.6. The number of halogens is 3. The maximum absolute atomic E-state index is 12.5. The highest BCUT2D eigenvalue weighted by atomic mass is 19.4. The average molecular weight is 289 g/mol. The van der Waals surface area contributed by atoms with Crippen molar-refractivity contribution in [3.05, 3.63) is 17.5 Å². The van der Waals surface area contributed by atoms with Crippen molar-refractivity contribution in [2.24, 2.45) is 5.92 Å². The topological polar surface area (TPSA) is 58.2 Å². The van der Waals surface area contributed by atoms with E-state index in [-0.39, 0.29) is 11.8 Å². The second kappa shape index (κ2) is 4.76. The molecule has 0 aromatic carbocycles. The number of carbonyl (C=O) groups excluding carboxylic acids is 1. The lowest BCUT2D eigenvalue weighted by Crippen LogP contribution is -2.46. The molecule has 1 aliphatic heterocycles. The van der Waals surface area contributed by atoms with Gasteiger partial charge in [-0.05, 0) is 18.8 Å². The molecule has 5 nitrogen and oxygen atoms in total. The van der Waals surface area contributed by atoms with Crippen LogP contribution in [-0.2, 0) is 10.9 Å². The second-order valence-electron chi connectivity index (χ2n) is 5.16. The smallest absolute Gasteiger partial charge is 0.374 e. The van der Waals surface area contributed by atoms with E-state index in [0.29, 0.717) is 25.6 Å². The molecule has 1 saturated heterocycles. The fourth-order valence-electron chi connectivity index (χ4n) is 2.35. The molecule has 2 aliphatic rings. The van der Waals surface area contributed by atoms with Crippen molar-refractivity contribution in [3.63, 3.8) is 0 Å². The van der Waals surface area contributed by atoms with Crippen LogP contribution in [0.25, 0.3) is 0 Å². The van der Waals surface area contributed by atoms with Gasteiger partial charge in [-0.1, -0.05) is 0 Å². The van der Waals surface area contributed by atoms with Crippen molar-refractivity contribution in [2.45, 2.75) is 25.1 Å². The first kappa shape index (κ1) is 13.4. The average Bonchev–Trinajstić information content (AvgIpc) is 3.13. The summed E-state index contributed by atoms with van der Waals surface area (Å²) in [6.07, 6.45) is -2.33. The van der Waals surface area contributed by atoms with Gasteiger partial charge in [-0.15, -0.1) is 0 Å². The van der Waals surface area contributed by atoms with Gasteiger partial charge in [0, 0.05) is 19.2 Å². The number of nitrogens with one attached hydrogen (secondary N) is 1. The molecule has 1 atom stereocenters. The van der Waals surface area contributed by atoms with Crippen LogP contribution in [0.1, 0.15) is 29.0 Å². The Bertz CT molecular complexity index is 510. The molecule has 0 spiro atoms. The van der Waals surface area contributed by atoms with Crippen LogP contribution in [0.3, 0.4) is 0 Å². The molecule has 2 heterocycles. The summed E-state index contributed by atoms with van der Waals surface area (Å²) in [6, 6.07) is 0.754. The Balaban J connectivity index is 1.70. The first-order chi connectivity index (χ1) is 9.45. The molecule has 2 fully saturated rings. The maximum Gasteiger partial charge on any atom is 0.432 e. The largest absolute Gasteiger partial charge is 0.432 e.